The Morgan fingerprint density at radius 1 is 1.40 bits per heavy atom. The molecule has 1 aromatic rings. The SMILES string of the molecule is N#Cc1cc(C2=CSC(C3CNCCO3)N2)c(OC(O)(O)O)cc1F. The van der Waals surface area contributed by atoms with Crippen molar-refractivity contribution in [1.82, 2.24) is 10.6 Å². The molecular formula is C15H16FN3O5S. The molecule has 134 valence electrons. The minimum absolute atomic E-state index is 0.0969. The smallest absolute Gasteiger partial charge is 0.416 e. The van der Waals surface area contributed by atoms with Gasteiger partial charge >= 0.3 is 6.16 Å². The van der Waals surface area contributed by atoms with E-state index in [2.05, 4.69) is 15.4 Å². The second-order valence-corrected chi connectivity index (χ2v) is 6.48. The number of benzene rings is 1. The van der Waals surface area contributed by atoms with Gasteiger partial charge in [-0.3, -0.25) is 0 Å². The summed E-state index contributed by atoms with van der Waals surface area (Å²) >= 11 is 1.44. The molecule has 0 saturated carbocycles. The van der Waals surface area contributed by atoms with Crippen LogP contribution in [0.5, 0.6) is 5.75 Å². The van der Waals surface area contributed by atoms with Crippen molar-refractivity contribution < 1.29 is 29.2 Å². The molecule has 2 aliphatic rings. The fourth-order valence-corrected chi connectivity index (χ4v) is 3.57. The van der Waals surface area contributed by atoms with Gasteiger partial charge < -0.3 is 35.4 Å². The van der Waals surface area contributed by atoms with Crippen molar-refractivity contribution in [2.45, 2.75) is 17.6 Å². The van der Waals surface area contributed by atoms with Crippen LogP contribution in [0.4, 0.5) is 4.39 Å². The number of nitrogens with one attached hydrogen (secondary N) is 2. The van der Waals surface area contributed by atoms with E-state index in [1.807, 2.05) is 0 Å². The fraction of sp³-hybridized carbons (Fsp3) is 0.400. The first-order chi connectivity index (χ1) is 11.9. The van der Waals surface area contributed by atoms with Gasteiger partial charge in [-0.1, -0.05) is 0 Å². The zero-order valence-corrected chi connectivity index (χ0v) is 13.7. The van der Waals surface area contributed by atoms with E-state index in [0.717, 1.165) is 12.6 Å². The number of thioether (sulfide) groups is 1. The summed E-state index contributed by atoms with van der Waals surface area (Å²) in [5, 5.41) is 44.1. The standard InChI is InChI=1S/C15H16FN3O5S/c16-10-4-12(24-15(20,21)22)9(3-8(10)5-17)11-7-25-14(19-11)13-6-18-1-2-23-13/h3-4,7,13-14,18-22H,1-2,6H2. The van der Waals surface area contributed by atoms with Crippen molar-refractivity contribution in [3.05, 3.63) is 34.5 Å². The van der Waals surface area contributed by atoms with Crippen LogP contribution >= 0.6 is 11.8 Å². The molecule has 10 heteroatoms. The highest BCUT2D eigenvalue weighted by Crippen LogP contribution is 2.36. The van der Waals surface area contributed by atoms with Crippen molar-refractivity contribution in [2.24, 2.45) is 0 Å². The van der Waals surface area contributed by atoms with Gasteiger partial charge in [0.05, 0.1) is 24.0 Å². The first kappa shape index (κ1) is 17.9. The van der Waals surface area contributed by atoms with Crippen LogP contribution in [0.1, 0.15) is 11.1 Å². The Morgan fingerprint density at radius 3 is 2.84 bits per heavy atom. The van der Waals surface area contributed by atoms with Crippen molar-refractivity contribution in [3.8, 4) is 11.8 Å². The maximum atomic E-state index is 13.8. The molecule has 2 heterocycles. The van der Waals surface area contributed by atoms with E-state index in [1.54, 1.807) is 11.5 Å². The highest BCUT2D eigenvalue weighted by molar-refractivity contribution is 8.03. The molecule has 5 N–H and O–H groups in total. The summed E-state index contributed by atoms with van der Waals surface area (Å²) in [7, 11) is 0. The van der Waals surface area contributed by atoms with Gasteiger partial charge in [0.25, 0.3) is 0 Å². The van der Waals surface area contributed by atoms with Crippen molar-refractivity contribution in [2.75, 3.05) is 19.7 Å². The molecule has 25 heavy (non-hydrogen) atoms. The predicted octanol–water partition coefficient (Wildman–Crippen LogP) is -0.386. The third-order valence-corrected chi connectivity index (χ3v) is 4.74. The Bertz CT molecular complexity index is 725. The van der Waals surface area contributed by atoms with Crippen LogP contribution in [0, 0.1) is 17.1 Å². The van der Waals surface area contributed by atoms with Crippen molar-refractivity contribution >= 4 is 17.5 Å². The summed E-state index contributed by atoms with van der Waals surface area (Å²) in [6.07, 6.45) is -3.57. The highest BCUT2D eigenvalue weighted by atomic mass is 32.2. The summed E-state index contributed by atoms with van der Waals surface area (Å²) < 4.78 is 24.1. The molecule has 1 fully saturated rings. The summed E-state index contributed by atoms with van der Waals surface area (Å²) in [5.74, 6) is -1.24. The van der Waals surface area contributed by atoms with Gasteiger partial charge in [-0.05, 0) is 11.5 Å². The van der Waals surface area contributed by atoms with Crippen LogP contribution in [0.15, 0.2) is 17.5 Å². The fourth-order valence-electron chi connectivity index (χ4n) is 2.55. The molecule has 2 atom stereocenters. The van der Waals surface area contributed by atoms with Crippen LogP contribution in [0.2, 0.25) is 0 Å². The number of rotatable bonds is 4. The van der Waals surface area contributed by atoms with E-state index in [-0.39, 0.29) is 28.4 Å². The molecule has 2 unspecified atom stereocenters. The van der Waals surface area contributed by atoms with Gasteiger partial charge in [-0.2, -0.15) is 5.26 Å². The van der Waals surface area contributed by atoms with Crippen LogP contribution in [-0.4, -0.2) is 52.7 Å². The lowest BCUT2D eigenvalue weighted by Crippen LogP contribution is -2.47. The van der Waals surface area contributed by atoms with Crippen molar-refractivity contribution in [3.63, 3.8) is 0 Å². The molecule has 3 rings (SSSR count). The van der Waals surface area contributed by atoms with Gasteiger partial charge in [0.1, 0.15) is 23.0 Å². The normalized spacial score (nSPS) is 23.6. The maximum Gasteiger partial charge on any atom is 0.453 e. The van der Waals surface area contributed by atoms with Crippen molar-refractivity contribution in [1.29, 1.82) is 5.26 Å². The van der Waals surface area contributed by atoms with Crippen LogP contribution in [0.3, 0.4) is 0 Å². The van der Waals surface area contributed by atoms with E-state index in [4.69, 9.17) is 25.3 Å². The van der Waals surface area contributed by atoms with Gasteiger partial charge in [0, 0.05) is 24.7 Å². The zero-order chi connectivity index (χ0) is 18.0. The molecule has 0 radical (unpaired) electrons. The maximum absolute atomic E-state index is 13.8. The Hall–Kier alpha value is -1.87. The van der Waals surface area contributed by atoms with E-state index < -0.39 is 12.0 Å². The summed E-state index contributed by atoms with van der Waals surface area (Å²) in [5.41, 5.74) is 0.451. The second kappa shape index (κ2) is 7.17. The molecule has 2 aliphatic heterocycles. The van der Waals surface area contributed by atoms with Crippen LogP contribution in [-0.2, 0) is 4.74 Å². The van der Waals surface area contributed by atoms with Gasteiger partial charge in [-0.25, -0.2) is 4.39 Å². The van der Waals surface area contributed by atoms with E-state index >= 15 is 0 Å². The van der Waals surface area contributed by atoms with E-state index in [1.165, 1.54) is 17.8 Å². The Balaban J connectivity index is 1.86. The van der Waals surface area contributed by atoms with E-state index in [0.29, 0.717) is 18.8 Å². The molecule has 0 aliphatic carbocycles. The number of morpholine rings is 1. The van der Waals surface area contributed by atoms with Gasteiger partial charge in [0.15, 0.2) is 0 Å². The molecular weight excluding hydrogens is 353 g/mol. The van der Waals surface area contributed by atoms with Gasteiger partial charge in [-0.15, -0.1) is 11.8 Å². The molecule has 0 amide bonds. The lowest BCUT2D eigenvalue weighted by molar-refractivity contribution is -0.419. The molecule has 0 aromatic heterocycles. The molecule has 0 spiro atoms. The average Bonchev–Trinajstić information content (AvgIpc) is 3.04. The summed E-state index contributed by atoms with van der Waals surface area (Å²) in [6.45, 7) is 2.03. The Morgan fingerprint density at radius 2 is 2.20 bits per heavy atom. The summed E-state index contributed by atoms with van der Waals surface area (Å²) in [6, 6.07) is 3.73. The molecule has 1 aromatic carbocycles. The predicted molar refractivity (Wildman–Crippen MR) is 86.2 cm³/mol. The number of aliphatic hydroxyl groups is 3. The number of ether oxygens (including phenoxy) is 2. The Labute approximate surface area is 146 Å². The largest absolute Gasteiger partial charge is 0.453 e. The van der Waals surface area contributed by atoms with E-state index in [9.17, 15) is 4.39 Å². The first-order valence-corrected chi connectivity index (χ1v) is 8.36. The number of nitriles is 1. The average molecular weight is 369 g/mol. The number of nitrogens with zero attached hydrogens (tertiary/aromatic N) is 1. The zero-order valence-electron chi connectivity index (χ0n) is 12.9. The minimum Gasteiger partial charge on any atom is -0.416 e. The van der Waals surface area contributed by atoms with Gasteiger partial charge in [0.2, 0.25) is 0 Å². The summed E-state index contributed by atoms with van der Waals surface area (Å²) in [4.78, 5) is 0. The monoisotopic (exact) mass is 369 g/mol. The third kappa shape index (κ3) is 4.21. The number of halogens is 1. The quantitative estimate of drug-likeness (QED) is 0.451. The third-order valence-electron chi connectivity index (χ3n) is 3.65. The molecule has 8 nitrogen and oxygen atoms in total. The number of hydrogen-bond acceptors (Lipinski definition) is 9. The highest BCUT2D eigenvalue weighted by Gasteiger charge is 2.31. The van der Waals surface area contributed by atoms with Crippen LogP contribution in [0.25, 0.3) is 5.70 Å². The topological polar surface area (TPSA) is 127 Å². The van der Waals surface area contributed by atoms with Crippen LogP contribution < -0.4 is 15.4 Å². The number of hydrogen-bond donors (Lipinski definition) is 5. The minimum atomic E-state index is -3.47. The second-order valence-electron chi connectivity index (χ2n) is 5.46. The molecule has 0 bridgehead atoms. The first-order valence-electron chi connectivity index (χ1n) is 7.42. The lowest BCUT2D eigenvalue weighted by Gasteiger charge is -2.29. The Kier molecular flexibility index (Phi) is 5.14. The molecule has 1 saturated heterocycles. The lowest BCUT2D eigenvalue weighted by atomic mass is 10.1.